The van der Waals surface area contributed by atoms with Crippen molar-refractivity contribution in [2.75, 3.05) is 56.2 Å². The maximum atomic E-state index is 12.3. The Kier molecular flexibility index (Phi) is 6.05. The molecule has 28 heavy (non-hydrogen) atoms. The molecule has 1 saturated heterocycles. The van der Waals surface area contributed by atoms with Crippen LogP contribution < -0.4 is 10.2 Å². The molecule has 3 heterocycles. The molecule has 2 aromatic rings. The highest BCUT2D eigenvalue weighted by Crippen LogP contribution is 2.17. The van der Waals surface area contributed by atoms with E-state index in [9.17, 15) is 13.2 Å². The number of rotatable bonds is 6. The Morgan fingerprint density at radius 1 is 1.11 bits per heavy atom. The molecule has 0 aliphatic carbocycles. The van der Waals surface area contributed by atoms with Gasteiger partial charge in [0.15, 0.2) is 11.6 Å². The minimum atomic E-state index is -3.37. The van der Waals surface area contributed by atoms with E-state index in [-0.39, 0.29) is 12.5 Å². The molecule has 0 aromatic carbocycles. The van der Waals surface area contributed by atoms with Crippen LogP contribution in [0.15, 0.2) is 36.7 Å². The summed E-state index contributed by atoms with van der Waals surface area (Å²) in [6, 6.07) is 7.41. The van der Waals surface area contributed by atoms with Crippen LogP contribution in [0.5, 0.6) is 0 Å². The first-order valence-corrected chi connectivity index (χ1v) is 10.6. The molecule has 1 aliphatic heterocycles. The average Bonchev–Trinajstić information content (AvgIpc) is 2.69. The number of likely N-dealkylation sites (N-methyl/N-ethyl adjacent to an activating group) is 1. The molecule has 1 N–H and O–H groups in total. The summed E-state index contributed by atoms with van der Waals surface area (Å²) >= 11 is 0. The van der Waals surface area contributed by atoms with Crippen LogP contribution in [0.4, 0.5) is 17.3 Å². The normalized spacial score (nSPS) is 15.0. The van der Waals surface area contributed by atoms with Gasteiger partial charge in [-0.1, -0.05) is 0 Å². The van der Waals surface area contributed by atoms with Gasteiger partial charge in [0.05, 0.1) is 12.8 Å². The number of nitrogens with one attached hydrogen (secondary N) is 1. The Morgan fingerprint density at radius 2 is 1.79 bits per heavy atom. The van der Waals surface area contributed by atoms with Crippen molar-refractivity contribution in [1.29, 1.82) is 0 Å². The molecule has 0 radical (unpaired) electrons. The first-order chi connectivity index (χ1) is 13.3. The third-order valence-corrected chi connectivity index (χ3v) is 5.75. The first-order valence-electron chi connectivity index (χ1n) is 8.78. The number of amides is 1. The van der Waals surface area contributed by atoms with E-state index in [1.54, 1.807) is 17.3 Å². The van der Waals surface area contributed by atoms with Gasteiger partial charge in [-0.25, -0.2) is 8.42 Å². The predicted octanol–water partition coefficient (Wildman–Crippen LogP) is 0.155. The number of pyridine rings is 1. The van der Waals surface area contributed by atoms with Gasteiger partial charge in [-0.2, -0.15) is 4.31 Å². The van der Waals surface area contributed by atoms with Gasteiger partial charge in [0, 0.05) is 51.3 Å². The fourth-order valence-electron chi connectivity index (χ4n) is 2.74. The zero-order chi connectivity index (χ0) is 20.1. The Labute approximate surface area is 164 Å². The molecule has 0 bridgehead atoms. The van der Waals surface area contributed by atoms with Crippen molar-refractivity contribution in [3.63, 3.8) is 0 Å². The number of carbonyl (C=O) groups excluding carboxylic acids is 1. The van der Waals surface area contributed by atoms with Crippen molar-refractivity contribution in [3.05, 3.63) is 36.7 Å². The van der Waals surface area contributed by atoms with Crippen LogP contribution in [0.2, 0.25) is 0 Å². The highest BCUT2D eigenvalue weighted by Gasteiger charge is 2.24. The summed E-state index contributed by atoms with van der Waals surface area (Å²) in [5.41, 5.74) is 0.878. The van der Waals surface area contributed by atoms with E-state index in [0.29, 0.717) is 32.0 Å². The Hall–Kier alpha value is -2.79. The molecule has 2 aromatic heterocycles. The van der Waals surface area contributed by atoms with Crippen LogP contribution in [-0.2, 0) is 14.8 Å². The minimum Gasteiger partial charge on any atom is -0.352 e. The molecule has 10 nitrogen and oxygen atoms in total. The molecule has 150 valence electrons. The van der Waals surface area contributed by atoms with Gasteiger partial charge < -0.3 is 15.1 Å². The van der Waals surface area contributed by atoms with E-state index < -0.39 is 10.0 Å². The summed E-state index contributed by atoms with van der Waals surface area (Å²) < 4.78 is 24.0. The lowest BCUT2D eigenvalue weighted by atomic mass is 10.3. The molecule has 1 amide bonds. The van der Waals surface area contributed by atoms with E-state index in [4.69, 9.17) is 0 Å². The molecule has 0 spiro atoms. The predicted molar refractivity (Wildman–Crippen MR) is 106 cm³/mol. The quantitative estimate of drug-likeness (QED) is 0.723. The molecule has 1 fully saturated rings. The summed E-state index contributed by atoms with van der Waals surface area (Å²) in [4.78, 5) is 20.0. The molecule has 0 atom stereocenters. The van der Waals surface area contributed by atoms with E-state index in [1.165, 1.54) is 7.05 Å². The second-order valence-electron chi connectivity index (χ2n) is 6.52. The minimum absolute atomic E-state index is 0.145. The fraction of sp³-hybridized carbons (Fsp3) is 0.412. The Morgan fingerprint density at radius 3 is 2.36 bits per heavy atom. The summed E-state index contributed by atoms with van der Waals surface area (Å²) in [5.74, 6) is 1.17. The Bertz CT molecular complexity index is 898. The van der Waals surface area contributed by atoms with Crippen LogP contribution in [0.1, 0.15) is 0 Å². The van der Waals surface area contributed by atoms with Gasteiger partial charge in [0.1, 0.15) is 0 Å². The summed E-state index contributed by atoms with van der Waals surface area (Å²) in [5, 5.41) is 11.6. The van der Waals surface area contributed by atoms with Crippen molar-refractivity contribution < 1.29 is 13.2 Å². The zero-order valence-electron chi connectivity index (χ0n) is 15.8. The van der Waals surface area contributed by atoms with Crippen LogP contribution >= 0.6 is 0 Å². The van der Waals surface area contributed by atoms with Crippen molar-refractivity contribution >= 4 is 33.3 Å². The maximum Gasteiger partial charge on any atom is 0.238 e. The smallest absolute Gasteiger partial charge is 0.238 e. The number of anilines is 3. The highest BCUT2D eigenvalue weighted by molar-refractivity contribution is 7.88. The lowest BCUT2D eigenvalue weighted by molar-refractivity contribution is -0.131. The molecule has 0 saturated carbocycles. The number of sulfonamides is 1. The van der Waals surface area contributed by atoms with Gasteiger partial charge in [-0.15, -0.1) is 10.2 Å². The Balaban J connectivity index is 1.52. The topological polar surface area (TPSA) is 112 Å². The van der Waals surface area contributed by atoms with Crippen LogP contribution in [-0.4, -0.2) is 84.7 Å². The van der Waals surface area contributed by atoms with E-state index in [0.717, 1.165) is 22.1 Å². The SMILES string of the molecule is CN(CC(=O)N1CCN(c2ccc(Nc3ccncc3)nn2)CC1)S(C)(=O)=O. The molecule has 0 unspecified atom stereocenters. The number of hydrogen-bond donors (Lipinski definition) is 1. The van der Waals surface area contributed by atoms with Crippen molar-refractivity contribution in [2.24, 2.45) is 0 Å². The average molecular weight is 405 g/mol. The first kappa shape index (κ1) is 20.0. The van der Waals surface area contributed by atoms with Crippen LogP contribution in [0.3, 0.4) is 0 Å². The summed E-state index contributed by atoms with van der Waals surface area (Å²) in [6.45, 7) is 2.10. The van der Waals surface area contributed by atoms with Gasteiger partial charge in [-0.3, -0.25) is 9.78 Å². The number of carbonyl (C=O) groups is 1. The zero-order valence-corrected chi connectivity index (χ0v) is 16.6. The lowest BCUT2D eigenvalue weighted by Crippen LogP contribution is -2.51. The standard InChI is InChI=1S/C17H23N7O3S/c1-22(28(2,26)27)13-17(25)24-11-9-23(10-12-24)16-4-3-15(20-21-16)19-14-5-7-18-8-6-14/h3-8H,9-13H2,1-2H3,(H,18,19,20). The highest BCUT2D eigenvalue weighted by atomic mass is 32.2. The molecule has 3 rings (SSSR count). The van der Waals surface area contributed by atoms with Crippen molar-refractivity contribution in [3.8, 4) is 0 Å². The second-order valence-corrected chi connectivity index (χ2v) is 8.61. The van der Waals surface area contributed by atoms with E-state index >= 15 is 0 Å². The van der Waals surface area contributed by atoms with Gasteiger partial charge in [0.2, 0.25) is 15.9 Å². The largest absolute Gasteiger partial charge is 0.352 e. The van der Waals surface area contributed by atoms with E-state index in [2.05, 4.69) is 20.5 Å². The third-order valence-electron chi connectivity index (χ3n) is 4.48. The van der Waals surface area contributed by atoms with Crippen molar-refractivity contribution in [2.45, 2.75) is 0 Å². The summed E-state index contributed by atoms with van der Waals surface area (Å²) in [6.07, 6.45) is 4.47. The monoisotopic (exact) mass is 405 g/mol. The van der Waals surface area contributed by atoms with E-state index in [1.807, 2.05) is 29.2 Å². The van der Waals surface area contributed by atoms with Crippen LogP contribution in [0.25, 0.3) is 0 Å². The van der Waals surface area contributed by atoms with Gasteiger partial charge >= 0.3 is 0 Å². The third kappa shape index (κ3) is 5.14. The molecule has 11 heteroatoms. The second kappa shape index (κ2) is 8.48. The number of aromatic nitrogens is 3. The lowest BCUT2D eigenvalue weighted by Gasteiger charge is -2.35. The summed E-state index contributed by atoms with van der Waals surface area (Å²) in [7, 11) is -1.97. The fourth-order valence-corrected chi connectivity index (χ4v) is 3.08. The van der Waals surface area contributed by atoms with Crippen LogP contribution in [0, 0.1) is 0 Å². The maximum absolute atomic E-state index is 12.3. The van der Waals surface area contributed by atoms with Gasteiger partial charge in [0.25, 0.3) is 0 Å². The molecular formula is C17H23N7O3S. The number of nitrogens with zero attached hydrogens (tertiary/aromatic N) is 6. The number of piperazine rings is 1. The molecular weight excluding hydrogens is 382 g/mol. The molecule has 1 aliphatic rings. The van der Waals surface area contributed by atoms with Gasteiger partial charge in [-0.05, 0) is 24.3 Å². The number of hydrogen-bond acceptors (Lipinski definition) is 8. The van der Waals surface area contributed by atoms with Crippen molar-refractivity contribution in [1.82, 2.24) is 24.4 Å².